The zero-order valence-corrected chi connectivity index (χ0v) is 12.5. The van der Waals surface area contributed by atoms with Gasteiger partial charge in [-0.2, -0.15) is 5.01 Å². The summed E-state index contributed by atoms with van der Waals surface area (Å²) in [5, 5.41) is 2.27. The van der Waals surface area contributed by atoms with Gasteiger partial charge in [-0.05, 0) is 18.4 Å². The summed E-state index contributed by atoms with van der Waals surface area (Å²) in [5.41, 5.74) is 2.62. The first-order chi connectivity index (χ1) is 9.69. The SMILES string of the molecule is CN(C)[N+]1(c2ccc(CCCC=O)cc2)CCOCC1. The molecule has 1 aromatic rings. The molecule has 0 atom stereocenters. The summed E-state index contributed by atoms with van der Waals surface area (Å²) in [6.07, 6.45) is 3.56. The number of hydrogen-bond acceptors (Lipinski definition) is 3. The molecule has 110 valence electrons. The average Bonchev–Trinajstić information content (AvgIpc) is 2.49. The van der Waals surface area contributed by atoms with Gasteiger partial charge in [-0.1, -0.05) is 12.1 Å². The molecular formula is C16H25N2O2+. The van der Waals surface area contributed by atoms with E-state index in [1.807, 2.05) is 0 Å². The highest BCUT2D eigenvalue weighted by Crippen LogP contribution is 2.26. The van der Waals surface area contributed by atoms with Crippen molar-refractivity contribution in [3.8, 4) is 0 Å². The third kappa shape index (κ3) is 3.26. The van der Waals surface area contributed by atoms with Crippen LogP contribution in [0.5, 0.6) is 0 Å². The lowest BCUT2D eigenvalue weighted by Gasteiger charge is -2.44. The lowest BCUT2D eigenvalue weighted by molar-refractivity contribution is -0.107. The Bertz CT molecular complexity index is 423. The van der Waals surface area contributed by atoms with Gasteiger partial charge in [0.15, 0.2) is 5.69 Å². The Hall–Kier alpha value is -1.23. The Balaban J connectivity index is 2.12. The van der Waals surface area contributed by atoms with Crippen molar-refractivity contribution < 1.29 is 9.53 Å². The van der Waals surface area contributed by atoms with E-state index in [1.54, 1.807) is 0 Å². The van der Waals surface area contributed by atoms with Crippen LogP contribution in [0, 0.1) is 0 Å². The number of benzene rings is 1. The molecule has 0 aromatic heterocycles. The van der Waals surface area contributed by atoms with Gasteiger partial charge in [0.1, 0.15) is 19.4 Å². The molecule has 0 amide bonds. The largest absolute Gasteiger partial charge is 0.370 e. The maximum absolute atomic E-state index is 10.4. The van der Waals surface area contributed by atoms with E-state index < -0.39 is 0 Å². The highest BCUT2D eigenvalue weighted by molar-refractivity contribution is 5.49. The van der Waals surface area contributed by atoms with E-state index in [1.165, 1.54) is 11.3 Å². The highest BCUT2D eigenvalue weighted by Gasteiger charge is 2.36. The summed E-state index contributed by atoms with van der Waals surface area (Å²) in [4.78, 5) is 10.4. The lowest BCUT2D eigenvalue weighted by atomic mass is 10.1. The van der Waals surface area contributed by atoms with Crippen LogP contribution in [0.3, 0.4) is 0 Å². The molecule has 0 aliphatic carbocycles. The molecule has 4 heteroatoms. The van der Waals surface area contributed by atoms with E-state index >= 15 is 0 Å². The molecule has 1 saturated heterocycles. The zero-order chi connectivity index (χ0) is 14.4. The van der Waals surface area contributed by atoms with Crippen LogP contribution in [0.2, 0.25) is 0 Å². The quantitative estimate of drug-likeness (QED) is 0.453. The monoisotopic (exact) mass is 277 g/mol. The molecule has 0 radical (unpaired) electrons. The molecule has 0 spiro atoms. The van der Waals surface area contributed by atoms with Crippen molar-refractivity contribution in [2.45, 2.75) is 19.3 Å². The van der Waals surface area contributed by atoms with Crippen molar-refractivity contribution in [1.29, 1.82) is 0 Å². The zero-order valence-electron chi connectivity index (χ0n) is 12.5. The third-order valence-electron chi connectivity index (χ3n) is 4.18. The number of nitrogens with zero attached hydrogens (tertiary/aromatic N) is 2. The Labute approximate surface area is 121 Å². The summed E-state index contributed by atoms with van der Waals surface area (Å²) < 4.78 is 6.37. The maximum Gasteiger partial charge on any atom is 0.152 e. The Morgan fingerprint density at radius 1 is 1.20 bits per heavy atom. The minimum atomic E-state index is 0.650. The summed E-state index contributed by atoms with van der Waals surface area (Å²) in [7, 11) is 4.26. The van der Waals surface area contributed by atoms with Gasteiger partial charge in [-0.3, -0.25) is 0 Å². The lowest BCUT2D eigenvalue weighted by Crippen LogP contribution is -2.63. The van der Waals surface area contributed by atoms with Gasteiger partial charge < -0.3 is 9.53 Å². The van der Waals surface area contributed by atoms with Crippen molar-refractivity contribution in [1.82, 2.24) is 9.60 Å². The predicted octanol–water partition coefficient (Wildman–Crippen LogP) is 2.02. The fourth-order valence-electron chi connectivity index (χ4n) is 2.86. The molecule has 1 aliphatic rings. The van der Waals surface area contributed by atoms with Crippen LogP contribution in [0.1, 0.15) is 18.4 Å². The summed E-state index contributed by atoms with van der Waals surface area (Å²) in [5.74, 6) is 0. The number of carbonyl (C=O) groups excluding carboxylic acids is 1. The topological polar surface area (TPSA) is 29.5 Å². The molecule has 1 heterocycles. The molecule has 4 nitrogen and oxygen atoms in total. The second-order valence-corrected chi connectivity index (χ2v) is 5.55. The van der Waals surface area contributed by atoms with Crippen molar-refractivity contribution in [2.75, 3.05) is 40.4 Å². The van der Waals surface area contributed by atoms with Gasteiger partial charge in [-0.15, -0.1) is 0 Å². The number of ether oxygens (including phenoxy) is 1. The van der Waals surface area contributed by atoms with E-state index in [2.05, 4.69) is 43.4 Å². The maximum atomic E-state index is 10.4. The molecule has 2 rings (SSSR count). The predicted molar refractivity (Wildman–Crippen MR) is 81.5 cm³/mol. The van der Waals surface area contributed by atoms with Gasteiger partial charge in [0.05, 0.1) is 13.2 Å². The number of carbonyl (C=O) groups is 1. The first-order valence-corrected chi connectivity index (χ1v) is 7.35. The van der Waals surface area contributed by atoms with Crippen LogP contribution < -0.4 is 4.59 Å². The number of aldehydes is 1. The molecule has 20 heavy (non-hydrogen) atoms. The van der Waals surface area contributed by atoms with Gasteiger partial charge >= 0.3 is 0 Å². The van der Waals surface area contributed by atoms with E-state index in [-0.39, 0.29) is 0 Å². The Morgan fingerprint density at radius 3 is 2.40 bits per heavy atom. The molecule has 0 saturated carbocycles. The fraction of sp³-hybridized carbons (Fsp3) is 0.562. The summed E-state index contributed by atoms with van der Waals surface area (Å²) >= 11 is 0. The Morgan fingerprint density at radius 2 is 1.85 bits per heavy atom. The van der Waals surface area contributed by atoms with Crippen LogP contribution in [0.25, 0.3) is 0 Å². The first kappa shape index (κ1) is 15.2. The molecule has 1 aliphatic heterocycles. The summed E-state index contributed by atoms with van der Waals surface area (Å²) in [6.45, 7) is 3.58. The molecule has 1 fully saturated rings. The van der Waals surface area contributed by atoms with Gasteiger partial charge in [-0.25, -0.2) is 4.59 Å². The van der Waals surface area contributed by atoms with E-state index in [9.17, 15) is 4.79 Å². The Kier molecular flexibility index (Phi) is 5.29. The average molecular weight is 277 g/mol. The van der Waals surface area contributed by atoms with Crippen LogP contribution in [0.15, 0.2) is 24.3 Å². The number of morpholine rings is 1. The molecular weight excluding hydrogens is 252 g/mol. The van der Waals surface area contributed by atoms with E-state index in [0.717, 1.165) is 50.0 Å². The molecule has 0 bridgehead atoms. The van der Waals surface area contributed by atoms with Gasteiger partial charge in [0, 0.05) is 32.6 Å². The standard InChI is InChI=1S/C16H25N2O2/c1-17(2)18(10-13-20-14-11-18)16-8-6-15(7-9-16)5-3-4-12-19/h6-9,12H,3-5,10-11,13-14H2,1-2H3/q+1. The number of unbranched alkanes of at least 4 members (excludes halogenated alkanes) is 1. The van der Waals surface area contributed by atoms with Gasteiger partial charge in [0.25, 0.3) is 0 Å². The van der Waals surface area contributed by atoms with Crippen molar-refractivity contribution in [3.05, 3.63) is 29.8 Å². The van der Waals surface area contributed by atoms with E-state index in [0.29, 0.717) is 6.42 Å². The second kappa shape index (κ2) is 6.97. The second-order valence-electron chi connectivity index (χ2n) is 5.55. The number of aryl methyl sites for hydroxylation is 1. The van der Waals surface area contributed by atoms with Gasteiger partial charge in [0.2, 0.25) is 0 Å². The van der Waals surface area contributed by atoms with E-state index in [4.69, 9.17) is 4.74 Å². The van der Waals surface area contributed by atoms with Crippen molar-refractivity contribution in [2.24, 2.45) is 0 Å². The normalized spacial score (nSPS) is 18.1. The van der Waals surface area contributed by atoms with Crippen LogP contribution in [-0.2, 0) is 16.0 Å². The van der Waals surface area contributed by atoms with Crippen LogP contribution in [-0.4, -0.2) is 51.7 Å². The third-order valence-corrected chi connectivity index (χ3v) is 4.18. The molecule has 1 aromatic carbocycles. The summed E-state index contributed by atoms with van der Waals surface area (Å²) in [6, 6.07) is 8.83. The minimum Gasteiger partial charge on any atom is -0.370 e. The smallest absolute Gasteiger partial charge is 0.152 e. The van der Waals surface area contributed by atoms with Crippen LogP contribution in [0.4, 0.5) is 5.69 Å². The molecule has 0 N–H and O–H groups in total. The van der Waals surface area contributed by atoms with Crippen LogP contribution >= 0.6 is 0 Å². The fourth-order valence-corrected chi connectivity index (χ4v) is 2.86. The number of hydrogen-bond donors (Lipinski definition) is 0. The van der Waals surface area contributed by atoms with Crippen molar-refractivity contribution >= 4 is 12.0 Å². The van der Waals surface area contributed by atoms with Crippen molar-refractivity contribution in [3.63, 3.8) is 0 Å². The molecule has 0 unspecified atom stereocenters. The highest BCUT2D eigenvalue weighted by atomic mass is 16.5. The first-order valence-electron chi connectivity index (χ1n) is 7.35. The number of rotatable bonds is 6. The minimum absolute atomic E-state index is 0.650. The number of quaternary nitrogens is 1.